The first-order valence-corrected chi connectivity index (χ1v) is 8.16. The quantitative estimate of drug-likeness (QED) is 0.899. The highest BCUT2D eigenvalue weighted by Gasteiger charge is 2.29. The van der Waals surface area contributed by atoms with Crippen molar-refractivity contribution >= 4 is 0 Å². The molecular formula is C17H30N4. The highest BCUT2D eigenvalue weighted by Crippen LogP contribution is 2.23. The molecule has 2 atom stereocenters. The third-order valence-corrected chi connectivity index (χ3v) is 4.41. The van der Waals surface area contributed by atoms with Gasteiger partial charge in [0.25, 0.3) is 0 Å². The summed E-state index contributed by atoms with van der Waals surface area (Å²) >= 11 is 0. The number of hydrogen-bond acceptors (Lipinski definition) is 4. The van der Waals surface area contributed by atoms with E-state index in [2.05, 4.69) is 53.3 Å². The Morgan fingerprint density at radius 3 is 2.81 bits per heavy atom. The first-order chi connectivity index (χ1) is 10.1. The third kappa shape index (κ3) is 4.50. The number of rotatable bonds is 5. The van der Waals surface area contributed by atoms with Crippen LogP contribution in [0.1, 0.15) is 37.1 Å². The second-order valence-corrected chi connectivity index (χ2v) is 6.33. The second kappa shape index (κ2) is 7.87. The molecular weight excluding hydrogens is 260 g/mol. The van der Waals surface area contributed by atoms with Gasteiger partial charge in [-0.25, -0.2) is 0 Å². The van der Waals surface area contributed by atoms with E-state index in [9.17, 15) is 0 Å². The smallest absolute Gasteiger partial charge is 0.0505 e. The van der Waals surface area contributed by atoms with Gasteiger partial charge in [-0.05, 0) is 65.1 Å². The zero-order chi connectivity index (χ0) is 15.2. The van der Waals surface area contributed by atoms with Gasteiger partial charge in [0.05, 0.1) is 6.04 Å². The summed E-state index contributed by atoms with van der Waals surface area (Å²) in [6, 6.07) is 5.20. The molecule has 1 saturated heterocycles. The second-order valence-electron chi connectivity index (χ2n) is 6.33. The van der Waals surface area contributed by atoms with Crippen molar-refractivity contribution in [2.75, 3.05) is 40.3 Å². The number of nitrogens with one attached hydrogen (secondary N) is 1. The molecule has 0 saturated carbocycles. The fourth-order valence-corrected chi connectivity index (χ4v) is 3.10. The lowest BCUT2D eigenvalue weighted by Crippen LogP contribution is -2.47. The van der Waals surface area contributed by atoms with Gasteiger partial charge in [-0.1, -0.05) is 13.0 Å². The van der Waals surface area contributed by atoms with Crippen LogP contribution >= 0.6 is 0 Å². The molecule has 0 aromatic carbocycles. The maximum Gasteiger partial charge on any atom is 0.0505 e. The third-order valence-electron chi connectivity index (χ3n) is 4.41. The summed E-state index contributed by atoms with van der Waals surface area (Å²) in [5.74, 6) is 0. The summed E-state index contributed by atoms with van der Waals surface area (Å²) in [4.78, 5) is 9.46. The maximum absolute atomic E-state index is 4.50. The normalized spacial score (nSPS) is 23.0. The van der Waals surface area contributed by atoms with E-state index in [4.69, 9.17) is 0 Å². The van der Waals surface area contributed by atoms with E-state index in [-0.39, 0.29) is 0 Å². The predicted octanol–water partition coefficient (Wildman–Crippen LogP) is 2.07. The Kier molecular flexibility index (Phi) is 6.15. The SMILES string of the molecule is CCCNC(c1ccc(C)nc1)C1CN(C)CCCN1C. The molecule has 2 rings (SSSR count). The standard InChI is InChI=1S/C17H30N4/c1-5-9-18-17(15-8-7-14(2)19-12-15)16-13-20(3)10-6-11-21(16)4/h7-8,12,16-18H,5-6,9-11,13H2,1-4H3. The predicted molar refractivity (Wildman–Crippen MR) is 88.5 cm³/mol. The molecule has 1 N–H and O–H groups in total. The molecule has 0 spiro atoms. The van der Waals surface area contributed by atoms with Gasteiger partial charge in [-0.15, -0.1) is 0 Å². The lowest BCUT2D eigenvalue weighted by Gasteiger charge is -2.35. The van der Waals surface area contributed by atoms with E-state index in [0.29, 0.717) is 12.1 Å². The van der Waals surface area contributed by atoms with Gasteiger partial charge in [0.1, 0.15) is 0 Å². The van der Waals surface area contributed by atoms with Gasteiger partial charge in [-0.3, -0.25) is 4.98 Å². The summed E-state index contributed by atoms with van der Waals surface area (Å²) in [6.07, 6.45) is 4.44. The summed E-state index contributed by atoms with van der Waals surface area (Å²) in [6.45, 7) is 8.77. The molecule has 2 unspecified atom stereocenters. The fourth-order valence-electron chi connectivity index (χ4n) is 3.10. The Morgan fingerprint density at radius 2 is 2.14 bits per heavy atom. The molecule has 0 amide bonds. The van der Waals surface area contributed by atoms with Crippen molar-refractivity contribution in [1.29, 1.82) is 0 Å². The molecule has 21 heavy (non-hydrogen) atoms. The number of pyridine rings is 1. The average Bonchev–Trinajstić information content (AvgIpc) is 2.63. The van der Waals surface area contributed by atoms with Crippen LogP contribution in [0.5, 0.6) is 0 Å². The zero-order valence-corrected chi connectivity index (χ0v) is 14.0. The first kappa shape index (κ1) is 16.4. The van der Waals surface area contributed by atoms with Crippen molar-refractivity contribution in [2.24, 2.45) is 0 Å². The van der Waals surface area contributed by atoms with E-state index < -0.39 is 0 Å². The minimum Gasteiger partial charge on any atom is -0.309 e. The van der Waals surface area contributed by atoms with Gasteiger partial charge in [0.2, 0.25) is 0 Å². The Labute approximate surface area is 129 Å². The molecule has 1 aliphatic rings. The van der Waals surface area contributed by atoms with Crippen molar-refractivity contribution in [3.8, 4) is 0 Å². The van der Waals surface area contributed by atoms with Gasteiger partial charge < -0.3 is 15.1 Å². The molecule has 2 heterocycles. The van der Waals surface area contributed by atoms with Crippen molar-refractivity contribution in [3.05, 3.63) is 29.6 Å². The Morgan fingerprint density at radius 1 is 1.33 bits per heavy atom. The minimum atomic E-state index is 0.351. The largest absolute Gasteiger partial charge is 0.309 e. The maximum atomic E-state index is 4.50. The van der Waals surface area contributed by atoms with Crippen LogP contribution < -0.4 is 5.32 Å². The highest BCUT2D eigenvalue weighted by molar-refractivity contribution is 5.19. The molecule has 4 heteroatoms. The lowest BCUT2D eigenvalue weighted by atomic mass is 9.98. The molecule has 1 aliphatic heterocycles. The molecule has 1 fully saturated rings. The number of aromatic nitrogens is 1. The van der Waals surface area contributed by atoms with Crippen molar-refractivity contribution in [2.45, 2.75) is 38.8 Å². The molecule has 118 valence electrons. The van der Waals surface area contributed by atoms with Crippen LogP contribution in [0.3, 0.4) is 0 Å². The number of likely N-dealkylation sites (N-methyl/N-ethyl adjacent to an activating group) is 2. The Bertz CT molecular complexity index is 417. The minimum absolute atomic E-state index is 0.351. The highest BCUT2D eigenvalue weighted by atomic mass is 15.2. The molecule has 0 radical (unpaired) electrons. The van der Waals surface area contributed by atoms with Crippen molar-refractivity contribution in [3.63, 3.8) is 0 Å². The summed E-state index contributed by atoms with van der Waals surface area (Å²) < 4.78 is 0. The van der Waals surface area contributed by atoms with Gasteiger partial charge in [0, 0.05) is 24.5 Å². The topological polar surface area (TPSA) is 31.4 Å². The van der Waals surface area contributed by atoms with Crippen LogP contribution in [0, 0.1) is 6.92 Å². The van der Waals surface area contributed by atoms with Crippen LogP contribution in [-0.4, -0.2) is 61.1 Å². The molecule has 0 aliphatic carbocycles. The van der Waals surface area contributed by atoms with Crippen molar-refractivity contribution in [1.82, 2.24) is 20.1 Å². The lowest BCUT2D eigenvalue weighted by molar-refractivity contribution is 0.178. The fraction of sp³-hybridized carbons (Fsp3) is 0.706. The van der Waals surface area contributed by atoms with Gasteiger partial charge >= 0.3 is 0 Å². The van der Waals surface area contributed by atoms with Gasteiger partial charge in [0.15, 0.2) is 0 Å². The number of aryl methyl sites for hydroxylation is 1. The average molecular weight is 290 g/mol. The van der Waals surface area contributed by atoms with Crippen LogP contribution in [0.2, 0.25) is 0 Å². The molecule has 1 aromatic rings. The van der Waals surface area contributed by atoms with Crippen LogP contribution in [0.15, 0.2) is 18.3 Å². The molecule has 4 nitrogen and oxygen atoms in total. The van der Waals surface area contributed by atoms with Gasteiger partial charge in [-0.2, -0.15) is 0 Å². The number of hydrogen-bond donors (Lipinski definition) is 1. The monoisotopic (exact) mass is 290 g/mol. The Hall–Kier alpha value is -0.970. The van der Waals surface area contributed by atoms with Crippen LogP contribution in [0.4, 0.5) is 0 Å². The van der Waals surface area contributed by atoms with E-state index in [0.717, 1.165) is 25.2 Å². The summed E-state index contributed by atoms with van der Waals surface area (Å²) in [5.41, 5.74) is 2.39. The van der Waals surface area contributed by atoms with Crippen molar-refractivity contribution < 1.29 is 0 Å². The summed E-state index contributed by atoms with van der Waals surface area (Å²) in [7, 11) is 4.49. The van der Waals surface area contributed by atoms with Crippen LogP contribution in [0.25, 0.3) is 0 Å². The van der Waals surface area contributed by atoms with Crippen LogP contribution in [-0.2, 0) is 0 Å². The molecule has 0 bridgehead atoms. The zero-order valence-electron chi connectivity index (χ0n) is 14.0. The molecule has 1 aromatic heterocycles. The van der Waals surface area contributed by atoms with E-state index >= 15 is 0 Å². The van der Waals surface area contributed by atoms with E-state index in [1.165, 1.54) is 25.1 Å². The first-order valence-electron chi connectivity index (χ1n) is 8.16. The number of nitrogens with zero attached hydrogens (tertiary/aromatic N) is 3. The van der Waals surface area contributed by atoms with E-state index in [1.807, 2.05) is 13.1 Å². The summed E-state index contributed by atoms with van der Waals surface area (Å²) in [5, 5.41) is 3.75. The Balaban J connectivity index is 2.22. The van der Waals surface area contributed by atoms with E-state index in [1.54, 1.807) is 0 Å².